The Hall–Kier alpha value is -1.17. The van der Waals surface area contributed by atoms with Crippen molar-refractivity contribution in [3.63, 3.8) is 0 Å². The fourth-order valence-electron chi connectivity index (χ4n) is 1.10. The lowest BCUT2D eigenvalue weighted by molar-refractivity contribution is -0.125. The Balaban J connectivity index is 2.42. The minimum Gasteiger partial charge on any atom is -0.307 e. The molecule has 0 heterocycles. The van der Waals surface area contributed by atoms with Crippen LogP contribution in [-0.4, -0.2) is 18.9 Å². The maximum absolute atomic E-state index is 12.7. The zero-order valence-corrected chi connectivity index (χ0v) is 8.19. The first-order valence-corrected chi connectivity index (χ1v) is 4.53. The summed E-state index contributed by atoms with van der Waals surface area (Å²) in [5, 5.41) is 2.15. The molecule has 0 saturated heterocycles. The second kappa shape index (κ2) is 5.25. The van der Waals surface area contributed by atoms with Crippen molar-refractivity contribution in [1.29, 1.82) is 0 Å². The third-order valence-corrected chi connectivity index (χ3v) is 1.90. The molecule has 1 aromatic rings. The van der Waals surface area contributed by atoms with E-state index in [2.05, 4.69) is 5.32 Å². The fourth-order valence-corrected chi connectivity index (χ4v) is 1.10. The van der Waals surface area contributed by atoms with Crippen LogP contribution >= 0.6 is 0 Å². The highest BCUT2D eigenvalue weighted by Gasteiger charge is 2.39. The lowest BCUT2D eigenvalue weighted by atomic mass is 10.2. The van der Waals surface area contributed by atoms with Crippen molar-refractivity contribution in [2.24, 2.45) is 0 Å². The predicted molar refractivity (Wildman–Crippen MR) is 49.1 cm³/mol. The van der Waals surface area contributed by atoms with E-state index < -0.39 is 24.7 Å². The van der Waals surface area contributed by atoms with Gasteiger partial charge >= 0.3 is 12.3 Å². The van der Waals surface area contributed by atoms with Gasteiger partial charge in [-0.15, -0.1) is 0 Å². The molecule has 16 heavy (non-hydrogen) atoms. The molecule has 0 fully saturated rings. The van der Waals surface area contributed by atoms with Crippen molar-refractivity contribution in [2.75, 3.05) is 6.54 Å². The average Bonchev–Trinajstić information content (AvgIpc) is 2.17. The SMILES string of the molecule is Fc1cccc(CNCC(F)(F)C(F)F)c1. The first kappa shape index (κ1) is 12.9. The quantitative estimate of drug-likeness (QED) is 0.779. The number of halogens is 5. The average molecular weight is 239 g/mol. The third-order valence-electron chi connectivity index (χ3n) is 1.90. The molecule has 0 unspecified atom stereocenters. The van der Waals surface area contributed by atoms with Gasteiger partial charge in [-0.05, 0) is 17.7 Å². The fraction of sp³-hybridized carbons (Fsp3) is 0.400. The van der Waals surface area contributed by atoms with Crippen LogP contribution in [0.15, 0.2) is 24.3 Å². The van der Waals surface area contributed by atoms with E-state index in [0.29, 0.717) is 5.56 Å². The Morgan fingerprint density at radius 3 is 2.50 bits per heavy atom. The number of nitrogens with one attached hydrogen (secondary N) is 1. The lowest BCUT2D eigenvalue weighted by Crippen LogP contribution is -2.38. The molecule has 1 nitrogen and oxygen atoms in total. The highest BCUT2D eigenvalue weighted by molar-refractivity contribution is 5.15. The molecule has 0 aliphatic heterocycles. The highest BCUT2D eigenvalue weighted by Crippen LogP contribution is 2.21. The van der Waals surface area contributed by atoms with Gasteiger partial charge in [-0.3, -0.25) is 0 Å². The van der Waals surface area contributed by atoms with Crippen molar-refractivity contribution >= 4 is 0 Å². The molecule has 0 aromatic heterocycles. The lowest BCUT2D eigenvalue weighted by Gasteiger charge is -2.15. The van der Waals surface area contributed by atoms with Gasteiger partial charge in [0.15, 0.2) is 0 Å². The van der Waals surface area contributed by atoms with Gasteiger partial charge in [0.2, 0.25) is 0 Å². The van der Waals surface area contributed by atoms with E-state index in [1.54, 1.807) is 0 Å². The smallest absolute Gasteiger partial charge is 0.307 e. The zero-order valence-electron chi connectivity index (χ0n) is 8.19. The van der Waals surface area contributed by atoms with Crippen LogP contribution in [0.25, 0.3) is 0 Å². The molecule has 0 bridgehead atoms. The van der Waals surface area contributed by atoms with Crippen molar-refractivity contribution in [3.05, 3.63) is 35.6 Å². The zero-order chi connectivity index (χ0) is 12.2. The second-order valence-corrected chi connectivity index (χ2v) is 3.30. The van der Waals surface area contributed by atoms with Crippen LogP contribution < -0.4 is 5.32 Å². The standard InChI is InChI=1S/C10H10F5N/c11-8-3-1-2-7(4-8)5-16-6-10(14,15)9(12)13/h1-4,9,16H,5-6H2. The molecule has 0 spiro atoms. The van der Waals surface area contributed by atoms with Crippen molar-refractivity contribution < 1.29 is 22.0 Å². The second-order valence-electron chi connectivity index (χ2n) is 3.30. The van der Waals surface area contributed by atoms with Crippen molar-refractivity contribution in [2.45, 2.75) is 18.9 Å². The van der Waals surface area contributed by atoms with Crippen LogP contribution in [0.4, 0.5) is 22.0 Å². The molecule has 1 aromatic carbocycles. The summed E-state index contributed by atoms with van der Waals surface area (Å²) in [6.07, 6.45) is -3.70. The maximum atomic E-state index is 12.7. The molecular weight excluding hydrogens is 229 g/mol. The summed E-state index contributed by atoms with van der Waals surface area (Å²) in [7, 11) is 0. The minimum atomic E-state index is -4.06. The molecule has 90 valence electrons. The van der Waals surface area contributed by atoms with E-state index in [4.69, 9.17) is 0 Å². The number of alkyl halides is 4. The maximum Gasteiger partial charge on any atom is 0.319 e. The van der Waals surface area contributed by atoms with E-state index in [1.807, 2.05) is 0 Å². The van der Waals surface area contributed by atoms with Crippen LogP contribution in [0.1, 0.15) is 5.56 Å². The van der Waals surface area contributed by atoms with Gasteiger partial charge in [-0.25, -0.2) is 13.2 Å². The largest absolute Gasteiger partial charge is 0.319 e. The summed E-state index contributed by atoms with van der Waals surface area (Å²) in [5.41, 5.74) is 0.421. The van der Waals surface area contributed by atoms with Gasteiger partial charge in [0.25, 0.3) is 0 Å². The normalized spacial score (nSPS) is 12.1. The van der Waals surface area contributed by atoms with Crippen molar-refractivity contribution in [3.8, 4) is 0 Å². The molecule has 0 aliphatic rings. The molecule has 6 heteroatoms. The molecule has 0 atom stereocenters. The number of hydrogen-bond acceptors (Lipinski definition) is 1. The van der Waals surface area contributed by atoms with Gasteiger partial charge in [0.05, 0.1) is 6.54 Å². The number of benzene rings is 1. The molecular formula is C10H10F5N. The summed E-state index contributed by atoms with van der Waals surface area (Å²) >= 11 is 0. The molecule has 0 amide bonds. The van der Waals surface area contributed by atoms with Crippen LogP contribution in [0.3, 0.4) is 0 Å². The topological polar surface area (TPSA) is 12.0 Å². The first-order valence-electron chi connectivity index (χ1n) is 4.53. The molecule has 1 rings (SSSR count). The predicted octanol–water partition coefficient (Wildman–Crippen LogP) is 2.82. The highest BCUT2D eigenvalue weighted by atomic mass is 19.3. The summed E-state index contributed by atoms with van der Waals surface area (Å²) in [5.74, 6) is -4.56. The van der Waals surface area contributed by atoms with E-state index in [0.717, 1.165) is 6.07 Å². The first-order chi connectivity index (χ1) is 7.42. The third kappa shape index (κ3) is 3.77. The summed E-state index contributed by atoms with van der Waals surface area (Å²) in [6.45, 7) is -1.22. The van der Waals surface area contributed by atoms with Crippen LogP contribution in [0, 0.1) is 5.82 Å². The van der Waals surface area contributed by atoms with Crippen LogP contribution in [0.5, 0.6) is 0 Å². The van der Waals surface area contributed by atoms with E-state index in [1.165, 1.54) is 18.2 Å². The Morgan fingerprint density at radius 1 is 1.25 bits per heavy atom. The van der Waals surface area contributed by atoms with Gasteiger partial charge in [0.1, 0.15) is 5.82 Å². The summed E-state index contributed by atoms with van der Waals surface area (Å²) in [4.78, 5) is 0. The molecule has 0 radical (unpaired) electrons. The van der Waals surface area contributed by atoms with Crippen LogP contribution in [0.2, 0.25) is 0 Å². The summed E-state index contributed by atoms with van der Waals surface area (Å²) < 4.78 is 61.0. The summed E-state index contributed by atoms with van der Waals surface area (Å²) in [6, 6.07) is 5.28. The van der Waals surface area contributed by atoms with E-state index >= 15 is 0 Å². The Kier molecular flexibility index (Phi) is 4.23. The van der Waals surface area contributed by atoms with E-state index in [9.17, 15) is 22.0 Å². The monoisotopic (exact) mass is 239 g/mol. The number of hydrogen-bond donors (Lipinski definition) is 1. The Morgan fingerprint density at radius 2 is 1.94 bits per heavy atom. The van der Waals surface area contributed by atoms with Crippen molar-refractivity contribution in [1.82, 2.24) is 5.32 Å². The Labute approximate surface area is 89.3 Å². The van der Waals surface area contributed by atoms with Gasteiger partial charge in [0, 0.05) is 6.54 Å². The minimum absolute atomic E-state index is 0.0833. The van der Waals surface area contributed by atoms with Gasteiger partial charge < -0.3 is 5.32 Å². The van der Waals surface area contributed by atoms with Gasteiger partial charge in [-0.2, -0.15) is 8.78 Å². The molecule has 1 N–H and O–H groups in total. The molecule has 0 saturated carbocycles. The Bertz CT molecular complexity index is 340. The molecule has 0 aliphatic carbocycles. The van der Waals surface area contributed by atoms with Gasteiger partial charge in [-0.1, -0.05) is 12.1 Å². The van der Waals surface area contributed by atoms with E-state index in [-0.39, 0.29) is 6.54 Å². The number of rotatable bonds is 5. The van der Waals surface area contributed by atoms with Crippen LogP contribution in [-0.2, 0) is 6.54 Å².